The molecule has 4 rings (SSSR count). The molecular weight excluding hydrogens is 435 g/mol. The number of rotatable bonds is 7. The van der Waals surface area contributed by atoms with Crippen LogP contribution in [0.25, 0.3) is 10.9 Å². The number of nitrogens with one attached hydrogen (secondary N) is 1. The summed E-state index contributed by atoms with van der Waals surface area (Å²) >= 11 is 0. The lowest BCUT2D eigenvalue weighted by molar-refractivity contribution is 0.391. The number of H-pyrrole nitrogens is 1. The third-order valence-electron chi connectivity index (χ3n) is 5.07. The Morgan fingerprint density at radius 2 is 1.91 bits per heavy atom. The Hall–Kier alpha value is -3.66. The summed E-state index contributed by atoms with van der Waals surface area (Å²) in [7, 11) is -1.13. The van der Waals surface area contributed by atoms with Crippen LogP contribution in [0.3, 0.4) is 0 Å². The van der Waals surface area contributed by atoms with Crippen molar-refractivity contribution in [2.24, 2.45) is 0 Å². The highest BCUT2D eigenvalue weighted by Gasteiger charge is 2.29. The van der Waals surface area contributed by atoms with Gasteiger partial charge >= 0.3 is 0 Å². The zero-order valence-electron chi connectivity index (χ0n) is 17.7. The van der Waals surface area contributed by atoms with E-state index >= 15 is 0 Å². The Bertz CT molecular complexity index is 1390. The minimum Gasteiger partial charge on any atom is -0.497 e. The number of nitrogens with zero attached hydrogens (tertiary/aromatic N) is 3. The Morgan fingerprint density at radius 3 is 2.62 bits per heavy atom. The van der Waals surface area contributed by atoms with Gasteiger partial charge in [-0.25, -0.2) is 17.7 Å². The van der Waals surface area contributed by atoms with Crippen molar-refractivity contribution in [2.75, 3.05) is 18.5 Å². The van der Waals surface area contributed by atoms with Gasteiger partial charge in [-0.15, -0.1) is 0 Å². The van der Waals surface area contributed by atoms with Crippen LogP contribution in [-0.4, -0.2) is 37.8 Å². The van der Waals surface area contributed by atoms with Gasteiger partial charge in [0.25, 0.3) is 10.0 Å². The van der Waals surface area contributed by atoms with Crippen molar-refractivity contribution in [1.82, 2.24) is 15.2 Å². The summed E-state index contributed by atoms with van der Waals surface area (Å²) in [6, 6.07) is 12.3. The molecule has 0 amide bonds. The van der Waals surface area contributed by atoms with Crippen LogP contribution in [0.1, 0.15) is 11.1 Å². The first kappa shape index (κ1) is 21.6. The number of sulfonamides is 1. The van der Waals surface area contributed by atoms with Crippen molar-refractivity contribution in [3.8, 4) is 11.5 Å². The summed E-state index contributed by atoms with van der Waals surface area (Å²) < 4.78 is 53.3. The highest BCUT2D eigenvalue weighted by Crippen LogP contribution is 2.32. The van der Waals surface area contributed by atoms with Gasteiger partial charge < -0.3 is 9.47 Å². The Balaban J connectivity index is 1.87. The molecule has 2 heterocycles. The molecule has 1 N–H and O–H groups in total. The summed E-state index contributed by atoms with van der Waals surface area (Å²) in [5.74, 6) is 0.161. The number of aromatic amines is 1. The maximum atomic E-state index is 14.0. The lowest BCUT2D eigenvalue weighted by atomic mass is 10.2. The first-order chi connectivity index (χ1) is 15.3. The minimum atomic E-state index is -4.13. The van der Waals surface area contributed by atoms with Gasteiger partial charge in [-0.2, -0.15) is 9.49 Å². The molecule has 0 fully saturated rings. The zero-order chi connectivity index (χ0) is 22.9. The normalized spacial score (nSPS) is 11.5. The number of aromatic nitrogens is 3. The molecule has 32 heavy (non-hydrogen) atoms. The van der Waals surface area contributed by atoms with Crippen LogP contribution in [0, 0.1) is 12.9 Å². The molecule has 166 valence electrons. The van der Waals surface area contributed by atoms with Gasteiger partial charge in [0.05, 0.1) is 37.4 Å². The molecule has 2 aromatic heterocycles. The summed E-state index contributed by atoms with van der Waals surface area (Å²) in [6.07, 6.45) is 1.55. The fourth-order valence-corrected chi connectivity index (χ4v) is 5.07. The lowest BCUT2D eigenvalue weighted by Crippen LogP contribution is -2.32. The van der Waals surface area contributed by atoms with Crippen molar-refractivity contribution in [2.45, 2.75) is 18.4 Å². The summed E-state index contributed by atoms with van der Waals surface area (Å²) in [5, 5.41) is 7.43. The summed E-state index contributed by atoms with van der Waals surface area (Å²) in [5.41, 5.74) is 1.79. The van der Waals surface area contributed by atoms with Gasteiger partial charge in [0.15, 0.2) is 0 Å². The van der Waals surface area contributed by atoms with E-state index < -0.39 is 16.0 Å². The fourth-order valence-electron chi connectivity index (χ4n) is 3.44. The van der Waals surface area contributed by atoms with E-state index in [1.807, 2.05) is 0 Å². The van der Waals surface area contributed by atoms with E-state index in [4.69, 9.17) is 9.47 Å². The van der Waals surface area contributed by atoms with Crippen molar-refractivity contribution < 1.29 is 22.3 Å². The van der Waals surface area contributed by atoms with E-state index in [2.05, 4.69) is 15.2 Å². The second kappa shape index (κ2) is 8.46. The second-order valence-electron chi connectivity index (χ2n) is 7.08. The predicted octanol–water partition coefficient (Wildman–Crippen LogP) is 3.82. The molecule has 10 heteroatoms. The van der Waals surface area contributed by atoms with Crippen molar-refractivity contribution >= 4 is 26.7 Å². The SMILES string of the molecule is COc1ccc(CN(c2cccc(F)n2)S(=O)(=O)c2cc3cn[nH]c3cc2C)c(OC)c1. The Kier molecular flexibility index (Phi) is 5.70. The summed E-state index contributed by atoms with van der Waals surface area (Å²) in [6.45, 7) is 1.56. The standard InChI is InChI=1S/C22H21FN4O4S/c1-14-9-18-16(12-24-26-18)10-20(14)32(28,29)27(22-6-4-5-21(23)25-22)13-15-7-8-17(30-2)11-19(15)31-3/h4-12H,13H2,1-3H3,(H,24,26). The molecule has 0 aliphatic heterocycles. The van der Waals surface area contributed by atoms with Gasteiger partial charge in [0.1, 0.15) is 17.3 Å². The summed E-state index contributed by atoms with van der Waals surface area (Å²) in [4.78, 5) is 3.90. The van der Waals surface area contributed by atoms with Crippen LogP contribution in [0.4, 0.5) is 10.2 Å². The molecule has 2 aromatic carbocycles. The maximum absolute atomic E-state index is 14.0. The molecule has 0 unspecified atom stereocenters. The molecule has 0 aliphatic rings. The van der Waals surface area contributed by atoms with E-state index in [-0.39, 0.29) is 17.3 Å². The van der Waals surface area contributed by atoms with Crippen LogP contribution in [0.15, 0.2) is 59.6 Å². The van der Waals surface area contributed by atoms with E-state index in [0.29, 0.717) is 33.5 Å². The topological polar surface area (TPSA) is 97.4 Å². The van der Waals surface area contributed by atoms with Crippen LogP contribution in [0.5, 0.6) is 11.5 Å². The van der Waals surface area contributed by atoms with E-state index in [9.17, 15) is 12.8 Å². The zero-order valence-corrected chi connectivity index (χ0v) is 18.5. The quantitative estimate of drug-likeness (QED) is 0.425. The van der Waals surface area contributed by atoms with Gasteiger partial charge in [-0.05, 0) is 48.9 Å². The maximum Gasteiger partial charge on any atom is 0.266 e. The molecule has 8 nitrogen and oxygen atoms in total. The number of ether oxygens (including phenoxy) is 2. The average molecular weight is 456 g/mol. The van der Waals surface area contributed by atoms with Crippen LogP contribution in [0.2, 0.25) is 0 Å². The first-order valence-electron chi connectivity index (χ1n) is 9.63. The number of hydrogen-bond donors (Lipinski definition) is 1. The van der Waals surface area contributed by atoms with E-state index in [1.54, 1.807) is 43.5 Å². The smallest absolute Gasteiger partial charge is 0.266 e. The van der Waals surface area contributed by atoms with Crippen molar-refractivity contribution in [3.05, 3.63) is 71.8 Å². The molecule has 0 saturated heterocycles. The number of benzene rings is 2. The first-order valence-corrected chi connectivity index (χ1v) is 11.1. The third-order valence-corrected chi connectivity index (χ3v) is 6.96. The highest BCUT2D eigenvalue weighted by atomic mass is 32.2. The number of halogens is 1. The third kappa shape index (κ3) is 3.96. The number of anilines is 1. The monoisotopic (exact) mass is 456 g/mol. The van der Waals surface area contributed by atoms with Crippen LogP contribution < -0.4 is 13.8 Å². The van der Waals surface area contributed by atoms with Gasteiger partial charge in [-0.1, -0.05) is 6.07 Å². The van der Waals surface area contributed by atoms with E-state index in [1.165, 1.54) is 26.4 Å². The number of fused-ring (bicyclic) bond motifs is 1. The fraction of sp³-hybridized carbons (Fsp3) is 0.182. The molecular formula is C22H21FN4O4S. The van der Waals surface area contributed by atoms with Crippen molar-refractivity contribution in [3.63, 3.8) is 0 Å². The lowest BCUT2D eigenvalue weighted by Gasteiger charge is -2.25. The number of methoxy groups -OCH3 is 2. The Morgan fingerprint density at radius 1 is 1.09 bits per heavy atom. The largest absolute Gasteiger partial charge is 0.497 e. The minimum absolute atomic E-state index is 0.0467. The second-order valence-corrected chi connectivity index (χ2v) is 8.91. The number of aryl methyl sites for hydroxylation is 1. The molecule has 0 atom stereocenters. The van der Waals surface area contributed by atoms with Crippen LogP contribution >= 0.6 is 0 Å². The van der Waals surface area contributed by atoms with Gasteiger partial charge in [0.2, 0.25) is 5.95 Å². The molecule has 0 aliphatic carbocycles. The van der Waals surface area contributed by atoms with Gasteiger partial charge in [-0.3, -0.25) is 5.10 Å². The van der Waals surface area contributed by atoms with Crippen LogP contribution in [-0.2, 0) is 16.6 Å². The molecule has 4 aromatic rings. The predicted molar refractivity (Wildman–Crippen MR) is 118 cm³/mol. The van der Waals surface area contributed by atoms with Gasteiger partial charge in [0, 0.05) is 17.0 Å². The van der Waals surface area contributed by atoms with E-state index in [0.717, 1.165) is 10.4 Å². The average Bonchev–Trinajstić information content (AvgIpc) is 3.23. The molecule has 0 spiro atoms. The molecule has 0 saturated carbocycles. The highest BCUT2D eigenvalue weighted by molar-refractivity contribution is 7.92. The Labute approximate surface area is 184 Å². The number of pyridine rings is 1. The van der Waals surface area contributed by atoms with Crippen molar-refractivity contribution in [1.29, 1.82) is 0 Å². The number of hydrogen-bond acceptors (Lipinski definition) is 6. The molecule has 0 bridgehead atoms. The molecule has 0 radical (unpaired) electrons.